The van der Waals surface area contributed by atoms with Gasteiger partial charge in [0.05, 0.1) is 15.1 Å². The molecular formula is C12H14FIN2O4. The minimum atomic E-state index is -0.593. The van der Waals surface area contributed by atoms with Crippen LogP contribution < -0.4 is 4.90 Å². The Morgan fingerprint density at radius 2 is 2.15 bits per heavy atom. The Hall–Kier alpha value is -1.45. The number of likely N-dealkylation sites (N-methyl/N-ethyl adjacent to an activating group) is 1. The third-order valence-electron chi connectivity index (χ3n) is 2.56. The lowest BCUT2D eigenvalue weighted by atomic mass is 10.2. The molecule has 0 aliphatic rings. The van der Waals surface area contributed by atoms with Crippen molar-refractivity contribution in [1.82, 2.24) is 0 Å². The number of benzene rings is 1. The van der Waals surface area contributed by atoms with E-state index in [-0.39, 0.29) is 28.1 Å². The van der Waals surface area contributed by atoms with Gasteiger partial charge >= 0.3 is 5.97 Å². The fourth-order valence-corrected chi connectivity index (χ4v) is 2.11. The highest BCUT2D eigenvalue weighted by atomic mass is 127. The van der Waals surface area contributed by atoms with Gasteiger partial charge in [-0.3, -0.25) is 14.9 Å². The van der Waals surface area contributed by atoms with E-state index >= 15 is 0 Å². The number of hydrogen-bond acceptors (Lipinski definition) is 5. The number of nitrogens with zero attached hydrogens (tertiary/aromatic N) is 2. The normalized spacial score (nSPS) is 10.2. The van der Waals surface area contributed by atoms with Crippen LogP contribution in [0, 0.1) is 19.5 Å². The lowest BCUT2D eigenvalue weighted by Crippen LogP contribution is -2.31. The Bertz CT molecular complexity index is 524. The molecule has 0 atom stereocenters. The van der Waals surface area contributed by atoms with Gasteiger partial charge in [0.1, 0.15) is 18.0 Å². The minimum Gasteiger partial charge on any atom is -0.465 e. The quantitative estimate of drug-likeness (QED) is 0.320. The first kappa shape index (κ1) is 16.6. The summed E-state index contributed by atoms with van der Waals surface area (Å²) in [5.41, 5.74) is -0.162. The van der Waals surface area contributed by atoms with E-state index in [0.29, 0.717) is 6.54 Å². The van der Waals surface area contributed by atoms with E-state index in [4.69, 9.17) is 4.74 Å². The number of anilines is 1. The van der Waals surface area contributed by atoms with Gasteiger partial charge in [-0.25, -0.2) is 4.39 Å². The van der Waals surface area contributed by atoms with Gasteiger partial charge in [-0.1, -0.05) is 0 Å². The van der Waals surface area contributed by atoms with Gasteiger partial charge in [0, 0.05) is 18.7 Å². The molecule has 0 saturated heterocycles. The molecule has 1 aromatic carbocycles. The molecule has 0 aliphatic carbocycles. The number of carbonyl (C=O) groups is 1. The van der Waals surface area contributed by atoms with Crippen LogP contribution >= 0.6 is 22.6 Å². The predicted octanol–water partition coefficient (Wildman–Crippen LogP) is 2.73. The molecule has 0 spiro atoms. The SMILES string of the molecule is CCOC(=O)CN(CC)c1cc(F)c(I)cc1[N+](=O)[O-]. The van der Waals surface area contributed by atoms with Crippen LogP contribution in [0.15, 0.2) is 12.1 Å². The van der Waals surface area contributed by atoms with Crippen LogP contribution in [0.3, 0.4) is 0 Å². The van der Waals surface area contributed by atoms with Gasteiger partial charge in [0.15, 0.2) is 0 Å². The second kappa shape index (κ2) is 7.36. The molecule has 0 bridgehead atoms. The van der Waals surface area contributed by atoms with Crippen LogP contribution in [0.5, 0.6) is 0 Å². The number of nitro groups is 1. The highest BCUT2D eigenvalue weighted by Crippen LogP contribution is 2.31. The largest absolute Gasteiger partial charge is 0.465 e. The molecule has 0 saturated carbocycles. The van der Waals surface area contributed by atoms with Crippen LogP contribution in [0.25, 0.3) is 0 Å². The van der Waals surface area contributed by atoms with Crippen molar-refractivity contribution in [3.63, 3.8) is 0 Å². The molecule has 6 nitrogen and oxygen atoms in total. The lowest BCUT2D eigenvalue weighted by molar-refractivity contribution is -0.384. The molecule has 1 rings (SSSR count). The summed E-state index contributed by atoms with van der Waals surface area (Å²) >= 11 is 1.68. The van der Waals surface area contributed by atoms with Crippen LogP contribution in [0.2, 0.25) is 0 Å². The molecule has 20 heavy (non-hydrogen) atoms. The maximum Gasteiger partial charge on any atom is 0.325 e. The van der Waals surface area contributed by atoms with Crippen molar-refractivity contribution in [2.45, 2.75) is 13.8 Å². The summed E-state index contributed by atoms with van der Waals surface area (Å²) in [4.78, 5) is 23.4. The molecule has 0 aromatic heterocycles. The molecule has 0 unspecified atom stereocenters. The van der Waals surface area contributed by atoms with Crippen molar-refractivity contribution in [3.05, 3.63) is 31.6 Å². The Balaban J connectivity index is 3.16. The van der Waals surface area contributed by atoms with Crippen molar-refractivity contribution in [3.8, 4) is 0 Å². The van der Waals surface area contributed by atoms with Crippen molar-refractivity contribution in [1.29, 1.82) is 0 Å². The average Bonchev–Trinajstić information content (AvgIpc) is 2.39. The minimum absolute atomic E-state index is 0.0727. The lowest BCUT2D eigenvalue weighted by Gasteiger charge is -2.21. The highest BCUT2D eigenvalue weighted by molar-refractivity contribution is 14.1. The van der Waals surface area contributed by atoms with E-state index in [1.54, 1.807) is 36.4 Å². The molecule has 0 amide bonds. The number of ether oxygens (including phenoxy) is 1. The molecule has 0 N–H and O–H groups in total. The van der Waals surface area contributed by atoms with Gasteiger partial charge in [-0.05, 0) is 36.4 Å². The first-order valence-corrected chi connectivity index (χ1v) is 7.02. The van der Waals surface area contributed by atoms with Gasteiger partial charge in [-0.15, -0.1) is 0 Å². The first-order valence-electron chi connectivity index (χ1n) is 5.94. The van der Waals surface area contributed by atoms with Crippen molar-refractivity contribution in [2.24, 2.45) is 0 Å². The fourth-order valence-electron chi connectivity index (χ4n) is 1.66. The zero-order chi connectivity index (χ0) is 15.3. The summed E-state index contributed by atoms with van der Waals surface area (Å²) in [5.74, 6) is -1.07. The van der Waals surface area contributed by atoms with Crippen LogP contribution in [-0.4, -0.2) is 30.6 Å². The summed E-state index contributed by atoms with van der Waals surface area (Å²) in [6.45, 7) is 3.77. The predicted molar refractivity (Wildman–Crippen MR) is 80.3 cm³/mol. The standard InChI is InChI=1S/C12H14FIN2O4/c1-3-15(7-12(17)20-4-2)10-5-8(13)9(14)6-11(10)16(18)19/h5-6H,3-4,7H2,1-2H3. The Morgan fingerprint density at radius 3 is 2.65 bits per heavy atom. The summed E-state index contributed by atoms with van der Waals surface area (Å²) in [6, 6.07) is 2.22. The number of halogens is 2. The maximum absolute atomic E-state index is 13.6. The fraction of sp³-hybridized carbons (Fsp3) is 0.417. The Labute approximate surface area is 129 Å². The topological polar surface area (TPSA) is 72.7 Å². The third kappa shape index (κ3) is 4.02. The molecule has 110 valence electrons. The summed E-state index contributed by atoms with van der Waals surface area (Å²) in [5, 5.41) is 11.1. The highest BCUT2D eigenvalue weighted by Gasteiger charge is 2.23. The molecule has 8 heteroatoms. The van der Waals surface area contributed by atoms with E-state index in [0.717, 1.165) is 12.1 Å². The van der Waals surface area contributed by atoms with Gasteiger partial charge in [0.25, 0.3) is 5.69 Å². The zero-order valence-corrected chi connectivity index (χ0v) is 13.2. The van der Waals surface area contributed by atoms with Crippen molar-refractivity contribution in [2.75, 3.05) is 24.6 Å². The maximum atomic E-state index is 13.6. The van der Waals surface area contributed by atoms with E-state index in [1.165, 1.54) is 4.90 Å². The molecule has 0 radical (unpaired) electrons. The van der Waals surface area contributed by atoms with E-state index in [1.807, 2.05) is 0 Å². The van der Waals surface area contributed by atoms with Gasteiger partial charge < -0.3 is 9.64 Å². The van der Waals surface area contributed by atoms with Crippen LogP contribution in [0.4, 0.5) is 15.8 Å². The monoisotopic (exact) mass is 396 g/mol. The molecule has 0 fully saturated rings. The summed E-state index contributed by atoms with van der Waals surface area (Å²) < 4.78 is 18.6. The smallest absolute Gasteiger partial charge is 0.325 e. The first-order chi connectivity index (χ1) is 9.40. The Morgan fingerprint density at radius 1 is 1.50 bits per heavy atom. The summed E-state index contributed by atoms with van der Waals surface area (Å²) in [6.07, 6.45) is 0. The number of rotatable bonds is 6. The number of hydrogen-bond donors (Lipinski definition) is 0. The van der Waals surface area contributed by atoms with Crippen LogP contribution in [0.1, 0.15) is 13.8 Å². The molecule has 1 aromatic rings. The second-order valence-electron chi connectivity index (χ2n) is 3.83. The van der Waals surface area contributed by atoms with E-state index in [9.17, 15) is 19.3 Å². The zero-order valence-electron chi connectivity index (χ0n) is 11.1. The van der Waals surface area contributed by atoms with Gasteiger partial charge in [-0.2, -0.15) is 0 Å². The molecule has 0 aliphatic heterocycles. The number of carbonyl (C=O) groups excluding carboxylic acids is 1. The van der Waals surface area contributed by atoms with Gasteiger partial charge in [0.2, 0.25) is 0 Å². The number of esters is 1. The third-order valence-corrected chi connectivity index (χ3v) is 3.39. The van der Waals surface area contributed by atoms with Crippen molar-refractivity contribution >= 4 is 39.9 Å². The van der Waals surface area contributed by atoms with E-state index < -0.39 is 16.7 Å². The number of nitro benzene ring substituents is 1. The second-order valence-corrected chi connectivity index (χ2v) is 4.99. The Kier molecular flexibility index (Phi) is 6.11. The van der Waals surface area contributed by atoms with Crippen molar-refractivity contribution < 1.29 is 18.8 Å². The van der Waals surface area contributed by atoms with E-state index in [2.05, 4.69) is 0 Å². The summed E-state index contributed by atoms with van der Waals surface area (Å²) in [7, 11) is 0. The average molecular weight is 396 g/mol. The molecular weight excluding hydrogens is 382 g/mol. The van der Waals surface area contributed by atoms with Crippen LogP contribution in [-0.2, 0) is 9.53 Å². The molecule has 0 heterocycles.